The van der Waals surface area contributed by atoms with E-state index in [1.54, 1.807) is 4.90 Å². The lowest BCUT2D eigenvalue weighted by molar-refractivity contribution is 0.0298. The Morgan fingerprint density at radius 3 is 2.32 bits per heavy atom. The minimum atomic E-state index is -0.419. The van der Waals surface area contributed by atoms with E-state index in [0.29, 0.717) is 18.0 Å². The van der Waals surface area contributed by atoms with Gasteiger partial charge in [-0.3, -0.25) is 0 Å². The highest BCUT2D eigenvalue weighted by atomic mass is 16.6. The van der Waals surface area contributed by atoms with Crippen LogP contribution < -0.4 is 5.32 Å². The van der Waals surface area contributed by atoms with E-state index < -0.39 is 5.60 Å². The summed E-state index contributed by atoms with van der Waals surface area (Å²) in [6.07, 6.45) is 11.0. The molecule has 2 rings (SSSR count). The van der Waals surface area contributed by atoms with Crippen molar-refractivity contribution < 1.29 is 9.53 Å². The van der Waals surface area contributed by atoms with Crippen LogP contribution in [0.3, 0.4) is 0 Å². The van der Waals surface area contributed by atoms with Gasteiger partial charge in [-0.2, -0.15) is 0 Å². The molecule has 2 fully saturated rings. The topological polar surface area (TPSA) is 41.6 Å². The van der Waals surface area contributed by atoms with E-state index in [1.165, 1.54) is 51.4 Å². The quantitative estimate of drug-likeness (QED) is 0.855. The Hall–Kier alpha value is -0.770. The van der Waals surface area contributed by atoms with Crippen molar-refractivity contribution in [3.63, 3.8) is 0 Å². The van der Waals surface area contributed by atoms with Crippen LogP contribution in [0, 0.1) is 5.41 Å². The Kier molecular flexibility index (Phi) is 5.76. The molecular weight excluding hydrogens is 276 g/mol. The van der Waals surface area contributed by atoms with Gasteiger partial charge in [0.2, 0.25) is 0 Å². The number of hydrogen-bond donors (Lipinski definition) is 1. The maximum Gasteiger partial charge on any atom is 0.410 e. The van der Waals surface area contributed by atoms with Crippen molar-refractivity contribution in [2.75, 3.05) is 20.1 Å². The highest BCUT2D eigenvalue weighted by Crippen LogP contribution is 2.48. The number of amides is 1. The minimum Gasteiger partial charge on any atom is -0.444 e. The zero-order valence-electron chi connectivity index (χ0n) is 14.9. The Morgan fingerprint density at radius 2 is 1.77 bits per heavy atom. The molecule has 0 unspecified atom stereocenters. The second-order valence-electron chi connectivity index (χ2n) is 8.34. The maximum atomic E-state index is 11.9. The predicted octanol–water partition coefficient (Wildman–Crippen LogP) is 3.95. The molecular formula is C18H34N2O2. The fourth-order valence-corrected chi connectivity index (χ4v) is 3.93. The molecule has 0 aliphatic heterocycles. The number of carbonyl (C=O) groups is 1. The summed E-state index contributed by atoms with van der Waals surface area (Å²) in [7, 11) is 1.81. The number of rotatable bonds is 4. The normalized spacial score (nSPS) is 22.0. The van der Waals surface area contributed by atoms with E-state index >= 15 is 0 Å². The Balaban J connectivity index is 1.62. The van der Waals surface area contributed by atoms with Gasteiger partial charge in [-0.25, -0.2) is 4.79 Å². The summed E-state index contributed by atoms with van der Waals surface area (Å²) in [5, 5.41) is 3.63. The van der Waals surface area contributed by atoms with Crippen LogP contribution in [0.25, 0.3) is 0 Å². The van der Waals surface area contributed by atoms with E-state index in [2.05, 4.69) is 5.32 Å². The summed E-state index contributed by atoms with van der Waals surface area (Å²) in [4.78, 5) is 13.6. The van der Waals surface area contributed by atoms with Gasteiger partial charge >= 0.3 is 6.09 Å². The Labute approximate surface area is 136 Å². The van der Waals surface area contributed by atoms with Gasteiger partial charge in [0, 0.05) is 26.2 Å². The standard InChI is InChI=1S/C18H34N2O2/c1-17(2,3)22-16(21)20(4)14-13-19-15-7-11-18(12-8-15)9-5-6-10-18/h15,19H,5-14H2,1-4H3. The van der Waals surface area contributed by atoms with Gasteiger partial charge in [0.1, 0.15) is 5.60 Å². The van der Waals surface area contributed by atoms with Crippen molar-refractivity contribution in [1.29, 1.82) is 0 Å². The first-order valence-corrected chi connectivity index (χ1v) is 8.97. The van der Waals surface area contributed by atoms with Gasteiger partial charge in [-0.1, -0.05) is 12.8 Å². The lowest BCUT2D eigenvalue weighted by atomic mass is 9.71. The van der Waals surface area contributed by atoms with Gasteiger partial charge < -0.3 is 15.0 Å². The van der Waals surface area contributed by atoms with Crippen LogP contribution >= 0.6 is 0 Å². The molecule has 1 amide bonds. The molecule has 1 N–H and O–H groups in total. The molecule has 2 saturated carbocycles. The Morgan fingerprint density at radius 1 is 1.18 bits per heavy atom. The molecule has 0 aromatic rings. The summed E-state index contributed by atoms with van der Waals surface area (Å²) in [6.45, 7) is 7.26. The van der Waals surface area contributed by atoms with Crippen LogP contribution in [-0.4, -0.2) is 42.8 Å². The van der Waals surface area contributed by atoms with Crippen LogP contribution in [0.4, 0.5) is 4.79 Å². The number of nitrogens with one attached hydrogen (secondary N) is 1. The van der Waals surface area contributed by atoms with Crippen LogP contribution in [0.5, 0.6) is 0 Å². The number of hydrogen-bond acceptors (Lipinski definition) is 3. The summed E-state index contributed by atoms with van der Waals surface area (Å²) < 4.78 is 5.36. The SMILES string of the molecule is CN(CCNC1CCC2(CCCC2)CC1)C(=O)OC(C)(C)C. The summed E-state index contributed by atoms with van der Waals surface area (Å²) in [5.41, 5.74) is 0.281. The van der Waals surface area contributed by atoms with Crippen molar-refractivity contribution in [2.45, 2.75) is 83.8 Å². The predicted molar refractivity (Wildman–Crippen MR) is 90.0 cm³/mol. The number of carbonyl (C=O) groups excluding carboxylic acids is 1. The lowest BCUT2D eigenvalue weighted by Gasteiger charge is -2.37. The molecule has 128 valence electrons. The van der Waals surface area contributed by atoms with E-state index in [1.807, 2.05) is 27.8 Å². The number of nitrogens with zero attached hydrogens (tertiary/aromatic N) is 1. The smallest absolute Gasteiger partial charge is 0.410 e. The largest absolute Gasteiger partial charge is 0.444 e. The third-order valence-electron chi connectivity index (χ3n) is 5.30. The molecule has 0 aromatic carbocycles. The van der Waals surface area contributed by atoms with Crippen molar-refractivity contribution >= 4 is 6.09 Å². The van der Waals surface area contributed by atoms with Crippen LogP contribution in [0.15, 0.2) is 0 Å². The third-order valence-corrected chi connectivity index (χ3v) is 5.30. The molecule has 4 nitrogen and oxygen atoms in total. The highest BCUT2D eigenvalue weighted by molar-refractivity contribution is 5.67. The van der Waals surface area contributed by atoms with E-state index in [4.69, 9.17) is 4.74 Å². The molecule has 1 spiro atoms. The molecule has 2 aliphatic rings. The molecule has 0 heterocycles. The van der Waals surface area contributed by atoms with E-state index in [9.17, 15) is 4.79 Å². The van der Waals surface area contributed by atoms with Crippen molar-refractivity contribution in [3.8, 4) is 0 Å². The summed E-state index contributed by atoms with van der Waals surface area (Å²) >= 11 is 0. The number of ether oxygens (including phenoxy) is 1. The molecule has 22 heavy (non-hydrogen) atoms. The van der Waals surface area contributed by atoms with Crippen molar-refractivity contribution in [1.82, 2.24) is 10.2 Å². The van der Waals surface area contributed by atoms with Crippen LogP contribution in [-0.2, 0) is 4.74 Å². The first kappa shape index (κ1) is 17.6. The maximum absolute atomic E-state index is 11.9. The average Bonchev–Trinajstić information content (AvgIpc) is 2.87. The summed E-state index contributed by atoms with van der Waals surface area (Å²) in [5.74, 6) is 0. The third kappa shape index (κ3) is 5.15. The zero-order valence-corrected chi connectivity index (χ0v) is 14.9. The van der Waals surface area contributed by atoms with E-state index in [0.717, 1.165) is 6.54 Å². The minimum absolute atomic E-state index is 0.233. The second-order valence-corrected chi connectivity index (χ2v) is 8.34. The van der Waals surface area contributed by atoms with Crippen molar-refractivity contribution in [3.05, 3.63) is 0 Å². The van der Waals surface area contributed by atoms with Crippen LogP contribution in [0.2, 0.25) is 0 Å². The van der Waals surface area contributed by atoms with Gasteiger partial charge in [0.05, 0.1) is 0 Å². The molecule has 2 aliphatic carbocycles. The molecule has 0 saturated heterocycles. The van der Waals surface area contributed by atoms with Gasteiger partial charge in [0.15, 0.2) is 0 Å². The molecule has 0 radical (unpaired) electrons. The first-order chi connectivity index (χ1) is 10.3. The highest BCUT2D eigenvalue weighted by Gasteiger charge is 2.37. The van der Waals surface area contributed by atoms with Crippen molar-refractivity contribution in [2.24, 2.45) is 5.41 Å². The molecule has 4 heteroatoms. The van der Waals surface area contributed by atoms with Gasteiger partial charge in [0.25, 0.3) is 0 Å². The summed E-state index contributed by atoms with van der Waals surface area (Å²) in [6, 6.07) is 0.637. The van der Waals surface area contributed by atoms with Gasteiger partial charge in [-0.05, 0) is 64.7 Å². The molecule has 0 atom stereocenters. The fraction of sp³-hybridized carbons (Fsp3) is 0.944. The fourth-order valence-electron chi connectivity index (χ4n) is 3.93. The monoisotopic (exact) mass is 310 g/mol. The molecule has 0 bridgehead atoms. The first-order valence-electron chi connectivity index (χ1n) is 8.97. The Bertz CT molecular complexity index is 360. The van der Waals surface area contributed by atoms with E-state index in [-0.39, 0.29) is 6.09 Å². The van der Waals surface area contributed by atoms with Gasteiger partial charge in [-0.15, -0.1) is 0 Å². The van der Waals surface area contributed by atoms with Crippen LogP contribution in [0.1, 0.15) is 72.1 Å². The lowest BCUT2D eigenvalue weighted by Crippen LogP contribution is -2.42. The molecule has 0 aromatic heterocycles. The number of likely N-dealkylation sites (N-methyl/N-ethyl adjacent to an activating group) is 1. The zero-order chi connectivity index (χ0) is 16.2. The average molecular weight is 310 g/mol. The second kappa shape index (κ2) is 7.20.